The second-order valence-corrected chi connectivity index (χ2v) is 8.18. The summed E-state index contributed by atoms with van der Waals surface area (Å²) in [6, 6.07) is 0. The summed E-state index contributed by atoms with van der Waals surface area (Å²) < 4.78 is 3.34. The van der Waals surface area contributed by atoms with Crippen LogP contribution >= 0.6 is 11.9 Å². The van der Waals surface area contributed by atoms with Gasteiger partial charge in [-0.15, -0.1) is 0 Å². The van der Waals surface area contributed by atoms with E-state index in [-0.39, 0.29) is 0 Å². The van der Waals surface area contributed by atoms with Crippen LogP contribution in [-0.2, 0) is 0 Å². The molecule has 126 valence electrons. The van der Waals surface area contributed by atoms with Crippen LogP contribution in [0.4, 0.5) is 0 Å². The van der Waals surface area contributed by atoms with E-state index >= 15 is 0 Å². The third kappa shape index (κ3) is 6.72. The lowest BCUT2D eigenvalue weighted by atomic mass is 9.74. The van der Waals surface area contributed by atoms with Gasteiger partial charge in [0, 0.05) is 11.8 Å². The molecule has 0 saturated heterocycles. The number of nitrogens with one attached hydrogen (secondary N) is 1. The van der Waals surface area contributed by atoms with Gasteiger partial charge in [-0.25, -0.2) is 0 Å². The molecule has 0 aromatic rings. The first-order chi connectivity index (χ1) is 10.4. The molecule has 0 spiro atoms. The van der Waals surface area contributed by atoms with E-state index in [1.807, 2.05) is 12.2 Å². The maximum Gasteiger partial charge on any atom is 0.0891 e. The molecule has 0 bridgehead atoms. The van der Waals surface area contributed by atoms with E-state index in [4.69, 9.17) is 0 Å². The SMILES string of the molecule is C=C(/C=C\C(=C)C1(O)CCC(CC)CC1)CCNSC(C)C. The van der Waals surface area contributed by atoms with Crippen molar-refractivity contribution in [3.05, 3.63) is 36.5 Å². The Balaban J connectivity index is 2.35. The Hall–Kier alpha value is -0.510. The molecule has 2 nitrogen and oxygen atoms in total. The van der Waals surface area contributed by atoms with Crippen molar-refractivity contribution < 1.29 is 5.11 Å². The van der Waals surface area contributed by atoms with Crippen molar-refractivity contribution in [2.75, 3.05) is 6.54 Å². The summed E-state index contributed by atoms with van der Waals surface area (Å²) in [5.41, 5.74) is 1.21. The van der Waals surface area contributed by atoms with Gasteiger partial charge in [0.15, 0.2) is 0 Å². The smallest absolute Gasteiger partial charge is 0.0891 e. The van der Waals surface area contributed by atoms with Crippen LogP contribution < -0.4 is 4.72 Å². The maximum atomic E-state index is 10.7. The van der Waals surface area contributed by atoms with Gasteiger partial charge >= 0.3 is 0 Å². The molecule has 1 aliphatic carbocycles. The van der Waals surface area contributed by atoms with E-state index in [1.165, 1.54) is 6.42 Å². The monoisotopic (exact) mass is 323 g/mol. The highest BCUT2D eigenvalue weighted by molar-refractivity contribution is 7.97. The van der Waals surface area contributed by atoms with Crippen molar-refractivity contribution in [3.8, 4) is 0 Å². The summed E-state index contributed by atoms with van der Waals surface area (Å²) in [6.45, 7) is 15.7. The van der Waals surface area contributed by atoms with E-state index in [1.54, 1.807) is 11.9 Å². The number of hydrogen-bond donors (Lipinski definition) is 2. The lowest BCUT2D eigenvalue weighted by Crippen LogP contribution is -2.35. The zero-order valence-electron chi connectivity index (χ0n) is 14.5. The van der Waals surface area contributed by atoms with E-state index < -0.39 is 5.60 Å². The molecule has 22 heavy (non-hydrogen) atoms. The van der Waals surface area contributed by atoms with E-state index in [0.717, 1.165) is 55.7 Å². The van der Waals surface area contributed by atoms with Gasteiger partial charge in [0.05, 0.1) is 5.60 Å². The molecule has 0 unspecified atom stereocenters. The molecule has 1 aliphatic rings. The molecule has 0 aromatic heterocycles. The Labute approximate surface area is 141 Å². The molecule has 0 aliphatic heterocycles. The molecule has 2 N–H and O–H groups in total. The molecular weight excluding hydrogens is 290 g/mol. The van der Waals surface area contributed by atoms with Crippen molar-refractivity contribution >= 4 is 11.9 Å². The van der Waals surface area contributed by atoms with Crippen LogP contribution in [0.5, 0.6) is 0 Å². The fourth-order valence-corrected chi connectivity index (χ4v) is 3.33. The Morgan fingerprint density at radius 2 is 1.95 bits per heavy atom. The van der Waals surface area contributed by atoms with Crippen LogP contribution in [0, 0.1) is 5.92 Å². The van der Waals surface area contributed by atoms with Gasteiger partial charge in [-0.05, 0) is 43.6 Å². The third-order valence-corrected chi connectivity index (χ3v) is 5.34. The minimum absolute atomic E-state index is 0.594. The summed E-state index contributed by atoms with van der Waals surface area (Å²) in [7, 11) is 0. The highest BCUT2D eigenvalue weighted by Gasteiger charge is 2.33. The van der Waals surface area contributed by atoms with Crippen LogP contribution in [0.3, 0.4) is 0 Å². The summed E-state index contributed by atoms with van der Waals surface area (Å²) >= 11 is 1.75. The minimum Gasteiger partial charge on any atom is -0.385 e. The molecule has 1 rings (SSSR count). The lowest BCUT2D eigenvalue weighted by Gasteiger charge is -2.36. The van der Waals surface area contributed by atoms with Crippen molar-refractivity contribution in [2.24, 2.45) is 5.92 Å². The summed E-state index contributed by atoms with van der Waals surface area (Å²) in [5.74, 6) is 0.775. The number of rotatable bonds is 9. The average molecular weight is 324 g/mol. The second kappa shape index (κ2) is 9.59. The summed E-state index contributed by atoms with van der Waals surface area (Å²) in [5, 5.41) is 11.3. The molecule has 0 amide bonds. The van der Waals surface area contributed by atoms with Crippen molar-refractivity contribution in [1.29, 1.82) is 0 Å². The standard InChI is InChI=1S/C19H33NOS/c1-6-18-9-12-19(21,13-10-18)17(5)8-7-16(4)11-14-20-22-15(2)3/h7-8,15,18,20-21H,4-6,9-14H2,1-3H3/b8-7-. The van der Waals surface area contributed by atoms with Crippen molar-refractivity contribution in [3.63, 3.8) is 0 Å². The molecule has 0 radical (unpaired) electrons. The highest BCUT2D eigenvalue weighted by atomic mass is 32.2. The van der Waals surface area contributed by atoms with E-state index in [9.17, 15) is 5.11 Å². The van der Waals surface area contributed by atoms with Crippen LogP contribution in [0.2, 0.25) is 0 Å². The third-order valence-electron chi connectivity index (χ3n) is 4.49. The van der Waals surface area contributed by atoms with E-state index in [2.05, 4.69) is 38.7 Å². The highest BCUT2D eigenvalue weighted by Crippen LogP contribution is 2.38. The van der Waals surface area contributed by atoms with Crippen LogP contribution in [0.15, 0.2) is 36.5 Å². The van der Waals surface area contributed by atoms with Crippen molar-refractivity contribution in [2.45, 2.75) is 70.1 Å². The lowest BCUT2D eigenvalue weighted by molar-refractivity contribution is 0.0273. The molecule has 3 heteroatoms. The normalized spacial score (nSPS) is 25.8. The Morgan fingerprint density at radius 1 is 1.32 bits per heavy atom. The maximum absolute atomic E-state index is 10.7. The molecule has 0 aromatic carbocycles. The Kier molecular flexibility index (Phi) is 8.52. The van der Waals surface area contributed by atoms with Gasteiger partial charge in [-0.3, -0.25) is 4.72 Å². The van der Waals surface area contributed by atoms with Gasteiger partial charge in [0.25, 0.3) is 0 Å². The predicted octanol–water partition coefficient (Wildman–Crippen LogP) is 5.02. The summed E-state index contributed by atoms with van der Waals surface area (Å²) in [6.07, 6.45) is 10.0. The molecule has 1 saturated carbocycles. The van der Waals surface area contributed by atoms with Crippen LogP contribution in [0.25, 0.3) is 0 Å². The van der Waals surface area contributed by atoms with Gasteiger partial charge < -0.3 is 5.11 Å². The van der Waals surface area contributed by atoms with Crippen LogP contribution in [-0.4, -0.2) is 22.5 Å². The summed E-state index contributed by atoms with van der Waals surface area (Å²) in [4.78, 5) is 0. The zero-order chi connectivity index (χ0) is 16.6. The van der Waals surface area contributed by atoms with Gasteiger partial charge in [-0.1, -0.05) is 70.0 Å². The minimum atomic E-state index is -0.700. The van der Waals surface area contributed by atoms with Gasteiger partial charge in [0.2, 0.25) is 0 Å². The largest absolute Gasteiger partial charge is 0.385 e. The molecule has 0 atom stereocenters. The molecule has 0 heterocycles. The first-order valence-electron chi connectivity index (χ1n) is 8.53. The molecular formula is C19H33NOS. The topological polar surface area (TPSA) is 32.3 Å². The Morgan fingerprint density at radius 3 is 2.50 bits per heavy atom. The quantitative estimate of drug-likeness (QED) is 0.355. The zero-order valence-corrected chi connectivity index (χ0v) is 15.3. The fourth-order valence-electron chi connectivity index (χ4n) is 2.78. The van der Waals surface area contributed by atoms with Gasteiger partial charge in [-0.2, -0.15) is 0 Å². The number of hydrogen-bond acceptors (Lipinski definition) is 3. The van der Waals surface area contributed by atoms with Crippen molar-refractivity contribution in [1.82, 2.24) is 4.72 Å². The average Bonchev–Trinajstić information content (AvgIpc) is 2.49. The number of allylic oxidation sites excluding steroid dienone is 1. The molecule has 1 fully saturated rings. The van der Waals surface area contributed by atoms with Crippen LogP contribution in [0.1, 0.15) is 59.3 Å². The Bertz CT molecular complexity index is 392. The number of aliphatic hydroxyl groups is 1. The second-order valence-electron chi connectivity index (χ2n) is 6.71. The first kappa shape index (κ1) is 19.5. The van der Waals surface area contributed by atoms with Gasteiger partial charge in [0.1, 0.15) is 0 Å². The van der Waals surface area contributed by atoms with E-state index in [0.29, 0.717) is 5.25 Å². The first-order valence-corrected chi connectivity index (χ1v) is 9.41. The predicted molar refractivity (Wildman–Crippen MR) is 100.0 cm³/mol. The fraction of sp³-hybridized carbons (Fsp3) is 0.684.